The van der Waals surface area contributed by atoms with Crippen molar-refractivity contribution in [3.05, 3.63) is 0 Å². The zero-order chi connectivity index (χ0) is 11.1. The molecule has 1 heterocycles. The van der Waals surface area contributed by atoms with Crippen LogP contribution in [-0.2, 0) is 0 Å². The van der Waals surface area contributed by atoms with Crippen LogP contribution in [0.3, 0.4) is 0 Å². The van der Waals surface area contributed by atoms with Gasteiger partial charge in [0.2, 0.25) is 0 Å². The van der Waals surface area contributed by atoms with Gasteiger partial charge in [0.1, 0.15) is 0 Å². The van der Waals surface area contributed by atoms with Crippen molar-refractivity contribution in [2.24, 2.45) is 17.6 Å². The quantitative estimate of drug-likeness (QED) is 0.710. The van der Waals surface area contributed by atoms with Crippen molar-refractivity contribution < 1.29 is 0 Å². The summed E-state index contributed by atoms with van der Waals surface area (Å²) in [5, 5.41) is 3.64. The number of piperidine rings is 1. The van der Waals surface area contributed by atoms with Crippen molar-refractivity contribution in [3.8, 4) is 0 Å². The van der Waals surface area contributed by atoms with Gasteiger partial charge in [-0.15, -0.1) is 0 Å². The minimum Gasteiger partial charge on any atom is -0.330 e. The van der Waals surface area contributed by atoms with E-state index in [1.807, 2.05) is 0 Å². The lowest BCUT2D eigenvalue weighted by Crippen LogP contribution is -2.43. The number of nitrogens with two attached hydrogens (primary N) is 1. The van der Waals surface area contributed by atoms with E-state index in [0.717, 1.165) is 12.5 Å². The molecule has 0 aromatic heterocycles. The highest BCUT2D eigenvalue weighted by Crippen LogP contribution is 2.24. The summed E-state index contributed by atoms with van der Waals surface area (Å²) in [7, 11) is 0. The largest absolute Gasteiger partial charge is 0.330 e. The molecule has 1 aliphatic rings. The Kier molecular flexibility index (Phi) is 6.26. The second kappa shape index (κ2) is 7.24. The third kappa shape index (κ3) is 4.12. The molecule has 90 valence electrons. The van der Waals surface area contributed by atoms with Crippen molar-refractivity contribution in [1.82, 2.24) is 5.32 Å². The smallest absolute Gasteiger partial charge is 0.0107 e. The first kappa shape index (κ1) is 13.0. The molecule has 0 aromatic carbocycles. The Balaban J connectivity index is 2.38. The topological polar surface area (TPSA) is 38.0 Å². The van der Waals surface area contributed by atoms with Crippen LogP contribution in [0.15, 0.2) is 0 Å². The summed E-state index contributed by atoms with van der Waals surface area (Å²) in [6.45, 7) is 6.66. The van der Waals surface area contributed by atoms with Crippen LogP contribution in [-0.4, -0.2) is 19.1 Å². The lowest BCUT2D eigenvalue weighted by atomic mass is 9.83. The van der Waals surface area contributed by atoms with Crippen LogP contribution >= 0.6 is 0 Å². The second-order valence-electron chi connectivity index (χ2n) is 4.97. The maximum Gasteiger partial charge on any atom is 0.0107 e. The Bertz CT molecular complexity index is 149. The van der Waals surface area contributed by atoms with Crippen LogP contribution < -0.4 is 11.1 Å². The van der Waals surface area contributed by atoms with E-state index in [9.17, 15) is 0 Å². The molecule has 0 unspecified atom stereocenters. The van der Waals surface area contributed by atoms with E-state index in [0.29, 0.717) is 12.0 Å². The summed E-state index contributed by atoms with van der Waals surface area (Å²) in [5.74, 6) is 1.58. The van der Waals surface area contributed by atoms with Crippen LogP contribution in [0.5, 0.6) is 0 Å². The minimum atomic E-state index is 0.698. The van der Waals surface area contributed by atoms with Gasteiger partial charge in [-0.2, -0.15) is 0 Å². The summed E-state index contributed by atoms with van der Waals surface area (Å²) < 4.78 is 0. The SMILES string of the molecule is CCC(CC)C[C@H](CN)[C@@H]1CCCCN1. The van der Waals surface area contributed by atoms with E-state index < -0.39 is 0 Å². The molecule has 0 spiro atoms. The van der Waals surface area contributed by atoms with Crippen molar-refractivity contribution in [1.29, 1.82) is 0 Å². The van der Waals surface area contributed by atoms with Crippen molar-refractivity contribution in [3.63, 3.8) is 0 Å². The Morgan fingerprint density at radius 3 is 2.47 bits per heavy atom. The molecule has 0 bridgehead atoms. The predicted octanol–water partition coefficient (Wildman–Crippen LogP) is 2.53. The van der Waals surface area contributed by atoms with Gasteiger partial charge in [0.25, 0.3) is 0 Å². The van der Waals surface area contributed by atoms with Crippen molar-refractivity contribution in [2.45, 2.75) is 58.4 Å². The molecule has 1 aliphatic heterocycles. The van der Waals surface area contributed by atoms with Gasteiger partial charge in [0.05, 0.1) is 0 Å². The first-order valence-electron chi connectivity index (χ1n) is 6.75. The third-order valence-corrected chi connectivity index (χ3v) is 4.01. The average molecular weight is 212 g/mol. The van der Waals surface area contributed by atoms with E-state index in [1.54, 1.807) is 0 Å². The molecule has 2 atom stereocenters. The van der Waals surface area contributed by atoms with Crippen molar-refractivity contribution >= 4 is 0 Å². The van der Waals surface area contributed by atoms with Gasteiger partial charge in [-0.1, -0.05) is 33.1 Å². The van der Waals surface area contributed by atoms with Gasteiger partial charge in [-0.3, -0.25) is 0 Å². The Hall–Kier alpha value is -0.0800. The lowest BCUT2D eigenvalue weighted by molar-refractivity contribution is 0.248. The Labute approximate surface area is 95.0 Å². The Morgan fingerprint density at radius 1 is 1.27 bits per heavy atom. The molecule has 1 fully saturated rings. The highest BCUT2D eigenvalue weighted by Gasteiger charge is 2.23. The molecule has 0 saturated carbocycles. The van der Waals surface area contributed by atoms with Crippen LogP contribution in [0.4, 0.5) is 0 Å². The molecule has 2 nitrogen and oxygen atoms in total. The summed E-state index contributed by atoms with van der Waals surface area (Å²) in [5.41, 5.74) is 5.92. The average Bonchev–Trinajstić information content (AvgIpc) is 2.32. The highest BCUT2D eigenvalue weighted by atomic mass is 14.9. The fraction of sp³-hybridized carbons (Fsp3) is 1.00. The molecule has 0 aromatic rings. The lowest BCUT2D eigenvalue weighted by Gasteiger charge is -2.32. The molecule has 15 heavy (non-hydrogen) atoms. The van der Waals surface area contributed by atoms with Crippen LogP contribution in [0.1, 0.15) is 52.4 Å². The summed E-state index contributed by atoms with van der Waals surface area (Å²) >= 11 is 0. The van der Waals surface area contributed by atoms with Gasteiger partial charge < -0.3 is 11.1 Å². The summed E-state index contributed by atoms with van der Waals surface area (Å²) in [6, 6.07) is 0.698. The van der Waals surface area contributed by atoms with E-state index in [4.69, 9.17) is 5.73 Å². The molecule has 2 heteroatoms. The maximum atomic E-state index is 5.92. The number of rotatable bonds is 6. The van der Waals surface area contributed by atoms with E-state index in [1.165, 1.54) is 45.1 Å². The first-order valence-corrected chi connectivity index (χ1v) is 6.75. The Morgan fingerprint density at radius 2 is 2.00 bits per heavy atom. The molecular weight excluding hydrogens is 184 g/mol. The zero-order valence-electron chi connectivity index (χ0n) is 10.5. The number of hydrogen-bond acceptors (Lipinski definition) is 2. The molecule has 0 radical (unpaired) electrons. The summed E-state index contributed by atoms with van der Waals surface area (Å²) in [4.78, 5) is 0. The fourth-order valence-corrected chi connectivity index (χ4v) is 2.76. The minimum absolute atomic E-state index is 0.698. The molecule has 0 amide bonds. The number of nitrogens with one attached hydrogen (secondary N) is 1. The van der Waals surface area contributed by atoms with Crippen LogP contribution in [0.2, 0.25) is 0 Å². The fourth-order valence-electron chi connectivity index (χ4n) is 2.76. The predicted molar refractivity (Wildman–Crippen MR) is 66.9 cm³/mol. The molecular formula is C13H28N2. The zero-order valence-corrected chi connectivity index (χ0v) is 10.5. The summed E-state index contributed by atoms with van der Waals surface area (Å²) in [6.07, 6.45) is 8.00. The molecule has 3 N–H and O–H groups in total. The number of hydrogen-bond donors (Lipinski definition) is 2. The monoisotopic (exact) mass is 212 g/mol. The molecule has 1 rings (SSSR count). The normalized spacial score (nSPS) is 24.4. The van der Waals surface area contributed by atoms with Gasteiger partial charge in [-0.25, -0.2) is 0 Å². The van der Waals surface area contributed by atoms with Crippen LogP contribution in [0.25, 0.3) is 0 Å². The standard InChI is InChI=1S/C13H28N2/c1-3-11(4-2)9-12(10-14)13-7-5-6-8-15-13/h11-13,15H,3-10,14H2,1-2H3/t12-,13+/m1/s1. The van der Waals surface area contributed by atoms with Gasteiger partial charge in [0, 0.05) is 6.04 Å². The van der Waals surface area contributed by atoms with Gasteiger partial charge in [0.15, 0.2) is 0 Å². The van der Waals surface area contributed by atoms with E-state index >= 15 is 0 Å². The second-order valence-corrected chi connectivity index (χ2v) is 4.97. The van der Waals surface area contributed by atoms with Crippen LogP contribution in [0, 0.1) is 11.8 Å². The van der Waals surface area contributed by atoms with Gasteiger partial charge in [-0.05, 0) is 44.2 Å². The van der Waals surface area contributed by atoms with E-state index in [-0.39, 0.29) is 0 Å². The van der Waals surface area contributed by atoms with Crippen molar-refractivity contribution in [2.75, 3.05) is 13.1 Å². The third-order valence-electron chi connectivity index (χ3n) is 4.01. The maximum absolute atomic E-state index is 5.92. The highest BCUT2D eigenvalue weighted by molar-refractivity contribution is 4.81. The first-order chi connectivity index (χ1) is 7.31. The molecule has 1 saturated heterocycles. The van der Waals surface area contributed by atoms with Gasteiger partial charge >= 0.3 is 0 Å². The van der Waals surface area contributed by atoms with E-state index in [2.05, 4.69) is 19.2 Å². The molecule has 0 aliphatic carbocycles.